The van der Waals surface area contributed by atoms with Crippen LogP contribution in [0.25, 0.3) is 5.82 Å². The van der Waals surface area contributed by atoms with Gasteiger partial charge in [0.25, 0.3) is 5.56 Å². The molecule has 2 N–H and O–H groups in total. The molecular formula is C21H30N6O3. The fourth-order valence-corrected chi connectivity index (χ4v) is 4.37. The second kappa shape index (κ2) is 8.99. The molecule has 0 radical (unpaired) electrons. The lowest BCUT2D eigenvalue weighted by Gasteiger charge is -2.30. The first kappa shape index (κ1) is 20.6. The molecular weight excluding hydrogens is 384 g/mol. The van der Waals surface area contributed by atoms with Crippen molar-refractivity contribution in [3.05, 3.63) is 39.9 Å². The number of nitrogens with one attached hydrogen (secondary N) is 2. The number of nitrogens with zero attached hydrogens (tertiary/aromatic N) is 4. The van der Waals surface area contributed by atoms with Crippen LogP contribution in [0.15, 0.2) is 23.0 Å². The molecule has 0 spiro atoms. The van der Waals surface area contributed by atoms with Gasteiger partial charge < -0.3 is 15.4 Å². The lowest BCUT2D eigenvalue weighted by molar-refractivity contribution is 0.0798. The summed E-state index contributed by atoms with van der Waals surface area (Å²) in [6.07, 6.45) is 4.97. The predicted octanol–water partition coefficient (Wildman–Crippen LogP) is 2.01. The second-order valence-electron chi connectivity index (χ2n) is 8.32. The summed E-state index contributed by atoms with van der Waals surface area (Å²) >= 11 is 0. The standard InChI is InChI=1S/C21H30N6O3/c1-14-13-15(2)26(24-14)19-7-8-20(28)27(25-19)18-5-3-16(4-6-18)22-21(29)23-17-9-11-30-12-10-17/h7-8,13,16-18H,3-6,9-12H2,1-2H3,(H2,22,23,29). The van der Waals surface area contributed by atoms with Crippen LogP contribution in [0.2, 0.25) is 0 Å². The molecule has 2 aromatic rings. The maximum absolute atomic E-state index is 12.5. The summed E-state index contributed by atoms with van der Waals surface area (Å²) in [4.78, 5) is 24.7. The molecule has 4 rings (SSSR count). The second-order valence-corrected chi connectivity index (χ2v) is 8.32. The van der Waals surface area contributed by atoms with Gasteiger partial charge in [0.05, 0.1) is 11.7 Å². The Morgan fingerprint density at radius 2 is 1.67 bits per heavy atom. The van der Waals surface area contributed by atoms with Crippen LogP contribution in [0.5, 0.6) is 0 Å². The molecule has 1 saturated carbocycles. The summed E-state index contributed by atoms with van der Waals surface area (Å²) in [7, 11) is 0. The molecule has 0 bridgehead atoms. The van der Waals surface area contributed by atoms with E-state index in [9.17, 15) is 9.59 Å². The number of hydrogen-bond acceptors (Lipinski definition) is 5. The first-order valence-electron chi connectivity index (χ1n) is 10.8. The maximum atomic E-state index is 12.5. The number of aromatic nitrogens is 4. The van der Waals surface area contributed by atoms with Crippen molar-refractivity contribution in [3.63, 3.8) is 0 Å². The van der Waals surface area contributed by atoms with E-state index in [1.807, 2.05) is 19.9 Å². The van der Waals surface area contributed by atoms with Crippen molar-refractivity contribution in [2.75, 3.05) is 13.2 Å². The Bertz CT molecular complexity index is 938. The SMILES string of the molecule is Cc1cc(C)n(-c2ccc(=O)n(C3CCC(NC(=O)NC4CCOCC4)CC3)n2)n1. The molecule has 162 valence electrons. The smallest absolute Gasteiger partial charge is 0.315 e. The molecule has 2 aliphatic rings. The van der Waals surface area contributed by atoms with Gasteiger partial charge in [-0.1, -0.05) is 0 Å². The molecule has 1 aliphatic heterocycles. The van der Waals surface area contributed by atoms with Crippen LogP contribution in [0.4, 0.5) is 4.79 Å². The summed E-state index contributed by atoms with van der Waals surface area (Å²) in [5, 5.41) is 15.2. The van der Waals surface area contributed by atoms with Crippen molar-refractivity contribution in [1.29, 1.82) is 0 Å². The number of amides is 2. The first-order valence-corrected chi connectivity index (χ1v) is 10.8. The Morgan fingerprint density at radius 1 is 1.00 bits per heavy atom. The van der Waals surface area contributed by atoms with Crippen molar-refractivity contribution in [2.24, 2.45) is 0 Å². The summed E-state index contributed by atoms with van der Waals surface area (Å²) in [5.74, 6) is 0.649. The Labute approximate surface area is 175 Å². The molecule has 30 heavy (non-hydrogen) atoms. The number of rotatable bonds is 4. The van der Waals surface area contributed by atoms with E-state index in [0.29, 0.717) is 19.0 Å². The molecule has 0 atom stereocenters. The molecule has 2 amide bonds. The van der Waals surface area contributed by atoms with Gasteiger partial charge in [0.15, 0.2) is 5.82 Å². The van der Waals surface area contributed by atoms with E-state index in [-0.39, 0.29) is 29.7 Å². The van der Waals surface area contributed by atoms with Gasteiger partial charge in [-0.15, -0.1) is 5.10 Å². The topological polar surface area (TPSA) is 103 Å². The lowest BCUT2D eigenvalue weighted by Crippen LogP contribution is -2.48. The Hall–Kier alpha value is -2.68. The number of urea groups is 1. The third-order valence-corrected chi connectivity index (χ3v) is 5.97. The van der Waals surface area contributed by atoms with Gasteiger partial charge in [-0.05, 0) is 64.5 Å². The van der Waals surface area contributed by atoms with Gasteiger partial charge in [0.2, 0.25) is 0 Å². The van der Waals surface area contributed by atoms with Crippen LogP contribution in [-0.4, -0.2) is 50.9 Å². The van der Waals surface area contributed by atoms with Crippen molar-refractivity contribution < 1.29 is 9.53 Å². The van der Waals surface area contributed by atoms with Crippen molar-refractivity contribution >= 4 is 6.03 Å². The quantitative estimate of drug-likeness (QED) is 0.797. The van der Waals surface area contributed by atoms with Crippen molar-refractivity contribution in [1.82, 2.24) is 30.2 Å². The van der Waals surface area contributed by atoms with E-state index < -0.39 is 0 Å². The Balaban J connectivity index is 1.36. The average Bonchev–Trinajstić information content (AvgIpc) is 3.08. The molecule has 9 nitrogen and oxygen atoms in total. The molecule has 0 unspecified atom stereocenters. The minimum Gasteiger partial charge on any atom is -0.381 e. The van der Waals surface area contributed by atoms with Crippen LogP contribution < -0.4 is 16.2 Å². The summed E-state index contributed by atoms with van der Waals surface area (Å²) in [6, 6.07) is 5.50. The molecule has 1 saturated heterocycles. The average molecular weight is 415 g/mol. The molecule has 9 heteroatoms. The number of aryl methyl sites for hydroxylation is 2. The van der Waals surface area contributed by atoms with E-state index in [0.717, 1.165) is 49.9 Å². The number of ether oxygens (including phenoxy) is 1. The third kappa shape index (κ3) is 4.72. The van der Waals surface area contributed by atoms with Gasteiger partial charge in [0.1, 0.15) is 0 Å². The van der Waals surface area contributed by atoms with Crippen molar-refractivity contribution in [3.8, 4) is 5.82 Å². The third-order valence-electron chi connectivity index (χ3n) is 5.97. The van der Waals surface area contributed by atoms with Gasteiger partial charge in [0, 0.05) is 37.1 Å². The van der Waals surface area contributed by atoms with Gasteiger partial charge in [-0.25, -0.2) is 14.2 Å². The van der Waals surface area contributed by atoms with Crippen LogP contribution in [0.1, 0.15) is 56.0 Å². The largest absolute Gasteiger partial charge is 0.381 e. The highest BCUT2D eigenvalue weighted by Crippen LogP contribution is 2.27. The van der Waals surface area contributed by atoms with Crippen LogP contribution in [-0.2, 0) is 4.74 Å². The highest BCUT2D eigenvalue weighted by atomic mass is 16.5. The number of hydrogen-bond donors (Lipinski definition) is 2. The normalized spacial score (nSPS) is 22.6. The molecule has 2 aromatic heterocycles. The fourth-order valence-electron chi connectivity index (χ4n) is 4.37. The van der Waals surface area contributed by atoms with Crippen LogP contribution in [0, 0.1) is 13.8 Å². The van der Waals surface area contributed by atoms with Crippen LogP contribution >= 0.6 is 0 Å². The number of carbonyl (C=O) groups is 1. The summed E-state index contributed by atoms with van der Waals surface area (Å²) < 4.78 is 8.68. The first-order chi connectivity index (χ1) is 14.5. The van der Waals surface area contributed by atoms with E-state index in [4.69, 9.17) is 4.74 Å². The zero-order valence-corrected chi connectivity index (χ0v) is 17.6. The fraction of sp³-hybridized carbons (Fsp3) is 0.619. The van der Waals surface area contributed by atoms with Gasteiger partial charge in [-0.3, -0.25) is 4.79 Å². The Morgan fingerprint density at radius 3 is 2.30 bits per heavy atom. The zero-order valence-electron chi connectivity index (χ0n) is 17.6. The van der Waals surface area contributed by atoms with Gasteiger partial charge in [-0.2, -0.15) is 5.10 Å². The Kier molecular flexibility index (Phi) is 6.17. The number of carbonyl (C=O) groups excluding carboxylic acids is 1. The van der Waals surface area contributed by atoms with Gasteiger partial charge >= 0.3 is 6.03 Å². The molecule has 0 aromatic carbocycles. The summed E-state index contributed by atoms with van der Waals surface area (Å²) in [6.45, 7) is 5.31. The minimum absolute atomic E-state index is 0.0334. The minimum atomic E-state index is -0.104. The molecule has 2 fully saturated rings. The lowest BCUT2D eigenvalue weighted by atomic mass is 9.91. The molecule has 3 heterocycles. The monoisotopic (exact) mass is 414 g/mol. The predicted molar refractivity (Wildman–Crippen MR) is 112 cm³/mol. The van der Waals surface area contributed by atoms with E-state index in [1.165, 1.54) is 0 Å². The van der Waals surface area contributed by atoms with Crippen LogP contribution in [0.3, 0.4) is 0 Å². The van der Waals surface area contributed by atoms with E-state index >= 15 is 0 Å². The highest BCUT2D eigenvalue weighted by molar-refractivity contribution is 5.74. The maximum Gasteiger partial charge on any atom is 0.315 e. The molecule has 1 aliphatic carbocycles. The zero-order chi connectivity index (χ0) is 21.1. The van der Waals surface area contributed by atoms with E-state index in [2.05, 4.69) is 20.8 Å². The van der Waals surface area contributed by atoms with E-state index in [1.54, 1.807) is 21.5 Å². The summed E-state index contributed by atoms with van der Waals surface area (Å²) in [5.41, 5.74) is 1.79. The highest BCUT2D eigenvalue weighted by Gasteiger charge is 2.26. The van der Waals surface area contributed by atoms with Crippen molar-refractivity contribution in [2.45, 2.75) is 70.5 Å².